The number of nitrogens with zero attached hydrogens (tertiary/aromatic N) is 1. The number of hydrogen-bond donors (Lipinski definition) is 1. The average molecular weight is 224 g/mol. The zero-order valence-corrected chi connectivity index (χ0v) is 8.05. The first-order valence-corrected chi connectivity index (χ1v) is 4.24. The van der Waals surface area contributed by atoms with E-state index in [1.807, 2.05) is 0 Å². The van der Waals surface area contributed by atoms with Crippen molar-refractivity contribution < 1.29 is 18.6 Å². The van der Waals surface area contributed by atoms with E-state index in [0.29, 0.717) is 0 Å². The third-order valence-electron chi connectivity index (χ3n) is 1.63. The SMILES string of the molecule is COc1nc(C(F)F)c(CCl)cc1O. The molecule has 1 N–H and O–H groups in total. The number of methoxy groups -OCH3 is 1. The Bertz CT molecular complexity index is 333. The highest BCUT2D eigenvalue weighted by molar-refractivity contribution is 6.17. The summed E-state index contributed by atoms with van der Waals surface area (Å²) in [4.78, 5) is 3.45. The Morgan fingerprint density at radius 3 is 2.71 bits per heavy atom. The van der Waals surface area contributed by atoms with E-state index in [9.17, 15) is 13.9 Å². The maximum Gasteiger partial charge on any atom is 0.280 e. The van der Waals surface area contributed by atoms with E-state index in [1.54, 1.807) is 0 Å². The summed E-state index contributed by atoms with van der Waals surface area (Å²) in [6, 6.07) is 1.13. The summed E-state index contributed by atoms with van der Waals surface area (Å²) in [7, 11) is 1.23. The van der Waals surface area contributed by atoms with Gasteiger partial charge in [-0.2, -0.15) is 0 Å². The molecule has 0 bridgehead atoms. The Kier molecular flexibility index (Phi) is 3.46. The zero-order valence-electron chi connectivity index (χ0n) is 7.30. The van der Waals surface area contributed by atoms with Crippen LogP contribution in [0.15, 0.2) is 6.07 Å². The fraction of sp³-hybridized carbons (Fsp3) is 0.375. The Balaban J connectivity index is 3.25. The fourth-order valence-electron chi connectivity index (χ4n) is 0.985. The minimum absolute atomic E-state index is 0.0972. The van der Waals surface area contributed by atoms with Gasteiger partial charge in [0.05, 0.1) is 7.11 Å². The van der Waals surface area contributed by atoms with E-state index in [0.717, 1.165) is 6.07 Å². The second-order valence-electron chi connectivity index (χ2n) is 2.50. The minimum Gasteiger partial charge on any atom is -0.503 e. The Morgan fingerprint density at radius 1 is 1.64 bits per heavy atom. The number of hydrogen-bond acceptors (Lipinski definition) is 3. The summed E-state index contributed by atoms with van der Waals surface area (Å²) in [5.74, 6) is -0.661. The molecule has 0 fully saturated rings. The second-order valence-corrected chi connectivity index (χ2v) is 2.76. The quantitative estimate of drug-likeness (QED) is 0.801. The van der Waals surface area contributed by atoms with Crippen molar-refractivity contribution in [1.82, 2.24) is 4.98 Å². The molecule has 0 aliphatic carbocycles. The standard InChI is InChI=1S/C8H8ClF2NO2/c1-14-8-5(13)2-4(3-9)6(12-8)7(10)11/h2,7,13H,3H2,1H3. The van der Waals surface area contributed by atoms with Gasteiger partial charge >= 0.3 is 0 Å². The first-order valence-electron chi connectivity index (χ1n) is 3.71. The summed E-state index contributed by atoms with van der Waals surface area (Å²) in [5, 5.41) is 9.24. The van der Waals surface area contributed by atoms with Crippen LogP contribution in [0.1, 0.15) is 17.7 Å². The number of halogens is 3. The van der Waals surface area contributed by atoms with Gasteiger partial charge < -0.3 is 9.84 Å². The van der Waals surface area contributed by atoms with Crippen molar-refractivity contribution in [2.24, 2.45) is 0 Å². The van der Waals surface area contributed by atoms with E-state index in [1.165, 1.54) is 7.11 Å². The third kappa shape index (κ3) is 2.04. The molecule has 0 radical (unpaired) electrons. The molecule has 0 saturated heterocycles. The molecule has 0 atom stereocenters. The molecule has 78 valence electrons. The van der Waals surface area contributed by atoms with Gasteiger partial charge in [-0.05, 0) is 11.6 Å². The van der Waals surface area contributed by atoms with E-state index < -0.39 is 12.1 Å². The van der Waals surface area contributed by atoms with Crippen molar-refractivity contribution >= 4 is 11.6 Å². The molecule has 1 aromatic heterocycles. The largest absolute Gasteiger partial charge is 0.503 e. The normalized spacial score (nSPS) is 10.6. The number of aromatic nitrogens is 1. The highest BCUT2D eigenvalue weighted by Gasteiger charge is 2.18. The van der Waals surface area contributed by atoms with Crippen molar-refractivity contribution in [2.75, 3.05) is 7.11 Å². The van der Waals surface area contributed by atoms with Crippen LogP contribution < -0.4 is 4.74 Å². The van der Waals surface area contributed by atoms with E-state index in [2.05, 4.69) is 9.72 Å². The molecule has 1 aromatic rings. The van der Waals surface area contributed by atoms with Crippen LogP contribution in [0.5, 0.6) is 11.6 Å². The van der Waals surface area contributed by atoms with E-state index >= 15 is 0 Å². The van der Waals surface area contributed by atoms with Crippen molar-refractivity contribution in [2.45, 2.75) is 12.3 Å². The van der Waals surface area contributed by atoms with Gasteiger partial charge in [-0.15, -0.1) is 11.6 Å². The molecule has 1 rings (SSSR count). The van der Waals surface area contributed by atoms with Crippen LogP contribution >= 0.6 is 11.6 Å². The Hall–Kier alpha value is -1.10. The Morgan fingerprint density at radius 2 is 2.29 bits per heavy atom. The fourth-order valence-corrected chi connectivity index (χ4v) is 1.20. The zero-order chi connectivity index (χ0) is 10.7. The van der Waals surface area contributed by atoms with Crippen LogP contribution in [0.4, 0.5) is 8.78 Å². The maximum atomic E-state index is 12.4. The number of rotatable bonds is 3. The van der Waals surface area contributed by atoms with Crippen molar-refractivity contribution in [3.63, 3.8) is 0 Å². The Labute approximate surface area is 84.3 Å². The van der Waals surface area contributed by atoms with Crippen LogP contribution in [-0.2, 0) is 5.88 Å². The molecule has 0 unspecified atom stereocenters. The number of pyridine rings is 1. The first kappa shape index (κ1) is 11.0. The van der Waals surface area contributed by atoms with Crippen LogP contribution in [0.3, 0.4) is 0 Å². The summed E-state index contributed by atoms with van der Waals surface area (Å²) in [6.45, 7) is 0. The van der Waals surface area contributed by atoms with Crippen molar-refractivity contribution in [3.05, 3.63) is 17.3 Å². The molecule has 0 saturated carbocycles. The molecule has 0 aromatic carbocycles. The number of aromatic hydroxyl groups is 1. The van der Waals surface area contributed by atoms with Gasteiger partial charge in [0.15, 0.2) is 5.75 Å². The second kappa shape index (κ2) is 4.41. The predicted molar refractivity (Wildman–Crippen MR) is 47.0 cm³/mol. The van der Waals surface area contributed by atoms with Gasteiger partial charge in [0, 0.05) is 5.88 Å². The van der Waals surface area contributed by atoms with Gasteiger partial charge in [-0.25, -0.2) is 13.8 Å². The molecule has 0 aliphatic heterocycles. The van der Waals surface area contributed by atoms with Crippen molar-refractivity contribution in [3.8, 4) is 11.6 Å². The lowest BCUT2D eigenvalue weighted by molar-refractivity contribution is 0.143. The van der Waals surface area contributed by atoms with E-state index in [4.69, 9.17) is 11.6 Å². The first-order chi connectivity index (χ1) is 6.60. The molecular weight excluding hydrogens is 216 g/mol. The highest BCUT2D eigenvalue weighted by atomic mass is 35.5. The minimum atomic E-state index is -2.74. The van der Waals surface area contributed by atoms with Gasteiger partial charge in [-0.1, -0.05) is 0 Å². The maximum absolute atomic E-state index is 12.4. The average Bonchev–Trinajstić information content (AvgIpc) is 2.16. The lowest BCUT2D eigenvalue weighted by atomic mass is 10.2. The molecule has 0 aliphatic rings. The monoisotopic (exact) mass is 223 g/mol. The molecule has 14 heavy (non-hydrogen) atoms. The summed E-state index contributed by atoms with van der Waals surface area (Å²) in [5.41, 5.74) is -0.366. The van der Waals surface area contributed by atoms with Crippen molar-refractivity contribution in [1.29, 1.82) is 0 Å². The summed E-state index contributed by atoms with van der Waals surface area (Å²) in [6.07, 6.45) is -2.74. The lowest BCUT2D eigenvalue weighted by Gasteiger charge is -2.08. The third-order valence-corrected chi connectivity index (χ3v) is 1.91. The number of ether oxygens (including phenoxy) is 1. The highest BCUT2D eigenvalue weighted by Crippen LogP contribution is 2.31. The molecule has 6 heteroatoms. The van der Waals surface area contributed by atoms with Crippen LogP contribution in [-0.4, -0.2) is 17.2 Å². The van der Waals surface area contributed by atoms with E-state index in [-0.39, 0.29) is 23.1 Å². The van der Waals surface area contributed by atoms with Crippen LogP contribution in [0.2, 0.25) is 0 Å². The number of alkyl halides is 3. The molecule has 0 spiro atoms. The van der Waals surface area contributed by atoms with Gasteiger partial charge in [-0.3, -0.25) is 0 Å². The predicted octanol–water partition coefficient (Wildman–Crippen LogP) is 2.47. The molecule has 0 amide bonds. The smallest absolute Gasteiger partial charge is 0.280 e. The van der Waals surface area contributed by atoms with Crippen LogP contribution in [0.25, 0.3) is 0 Å². The lowest BCUT2D eigenvalue weighted by Crippen LogP contribution is -1.99. The topological polar surface area (TPSA) is 42.4 Å². The van der Waals surface area contributed by atoms with Gasteiger partial charge in [0.2, 0.25) is 0 Å². The summed E-state index contributed by atoms with van der Waals surface area (Å²) < 4.78 is 29.4. The molecular formula is C8H8ClF2NO2. The summed E-state index contributed by atoms with van der Waals surface area (Å²) >= 11 is 5.42. The van der Waals surface area contributed by atoms with Crippen LogP contribution in [0, 0.1) is 0 Å². The van der Waals surface area contributed by atoms with Gasteiger partial charge in [0.1, 0.15) is 5.69 Å². The molecule has 1 heterocycles. The van der Waals surface area contributed by atoms with Gasteiger partial charge in [0.25, 0.3) is 12.3 Å². The molecule has 3 nitrogen and oxygen atoms in total.